The van der Waals surface area contributed by atoms with Crippen LogP contribution in [-0.4, -0.2) is 172 Å². The minimum absolute atomic E-state index is 0. The molecule has 10 heterocycles. The standard InChI is InChI=1S/C39H45N7O4.C27H33B2NO4.C12H18BrN3O2.3HI.In.V/c1-38(2,3)49-36(47)45-20-8-11-31(45)34-41-22-29(43-34)25-15-13-24(14-16-25)26-17-18-27(28-10-7-19-40-33(26)28)30-23-42-35(44-30)32-12-9-21-46(32)37(48)50-39(4,5)6;1-24(2)25(3,4)32-28(31-24)19-13-11-18(12-14-19)20-15-16-22(21-10-9-17-30-23(20)21)29-33-26(5,6)27(7,8)34-29;1-12(2,3)18-11(17)16-6-4-5-8(16)10-14-7-9(13)15-10;;;;;/h7,10,13-19,22-23,31-32H,8-9,11-12,20-21H2,1-6H3,(H,41,43)(H,42,44);9-17H,1-8H3;7-8H,4-6H2,1-3H3,(H,14,15);3*1H;;/q;;;;;;;+3/p-3/t31-,32-;;8-;;;;;/m0.0...../s1. The monoisotopic (exact) mass is 1990 g/mol. The number of H-pyrrole nitrogens is 3. The number of hydrogen-bond acceptors (Lipinski definition) is 15. The van der Waals surface area contributed by atoms with Crippen LogP contribution in [0.25, 0.3) is 66.6 Å². The van der Waals surface area contributed by atoms with Crippen LogP contribution in [0.4, 0.5) is 14.4 Å². The Balaban J connectivity index is 0.000000184. The molecular weight excluding hydrogens is 1900 g/mol. The van der Waals surface area contributed by atoms with Gasteiger partial charge in [-0.05, 0) is 212 Å². The van der Waals surface area contributed by atoms with Gasteiger partial charge in [-0.1, -0.05) is 84.9 Å². The Morgan fingerprint density at radius 3 is 1.26 bits per heavy atom. The Morgan fingerprint density at radius 1 is 0.477 bits per heavy atom. The number of halogens is 4. The minimum Gasteiger partial charge on any atom is 0 e. The van der Waals surface area contributed by atoms with Gasteiger partial charge in [0.15, 0.2) is 0 Å². The number of hydrogen-bond donors (Lipinski definition) is 3. The minimum atomic E-state index is -0.558. The van der Waals surface area contributed by atoms with Crippen molar-refractivity contribution in [2.45, 2.75) is 214 Å². The summed E-state index contributed by atoms with van der Waals surface area (Å²) in [4.78, 5) is 76.2. The molecule has 0 saturated carbocycles. The number of benzene rings is 4. The molecule has 3 amide bonds. The summed E-state index contributed by atoms with van der Waals surface area (Å²) in [6, 6.07) is 32.9. The molecule has 14 rings (SSSR count). The number of ether oxygens (including phenoxy) is 3. The number of aromatic nitrogens is 8. The van der Waals surface area contributed by atoms with Crippen molar-refractivity contribution in [3.8, 4) is 44.8 Å². The first kappa shape index (κ1) is 84.7. The molecule has 9 aromatic rings. The van der Waals surface area contributed by atoms with E-state index in [1.165, 1.54) is 0 Å². The van der Waals surface area contributed by atoms with E-state index in [2.05, 4.69) is 241 Å². The van der Waals surface area contributed by atoms with Crippen LogP contribution in [0.5, 0.6) is 0 Å². The molecule has 565 valence electrons. The third kappa shape index (κ3) is 20.4. The van der Waals surface area contributed by atoms with Crippen molar-refractivity contribution < 1.29 is 52.1 Å². The smallest absolute Gasteiger partial charge is 0 e. The van der Waals surface area contributed by atoms with Crippen LogP contribution in [0.15, 0.2) is 133 Å². The number of nitrogens with one attached hydrogen (secondary N) is 3. The quantitative estimate of drug-likeness (QED) is 0.0692. The second kappa shape index (κ2) is 34.3. The number of pyridine rings is 2. The fraction of sp³-hybridized carbons (Fsp3) is 0.462. The molecular formula is C78H96B2BrI3InN11O10V. The first-order valence-electron chi connectivity index (χ1n) is 36.0. The first-order chi connectivity index (χ1) is 49.8. The second-order valence-corrected chi connectivity index (χ2v) is 68.4. The van der Waals surface area contributed by atoms with E-state index < -0.39 is 35.1 Å². The summed E-state index contributed by atoms with van der Waals surface area (Å²) < 4.78 is 42.6. The second-order valence-electron chi connectivity index (χ2n) is 32.2. The van der Waals surface area contributed by atoms with Crippen LogP contribution in [0.2, 0.25) is 0 Å². The fourth-order valence-electron chi connectivity index (χ4n) is 13.4. The van der Waals surface area contributed by atoms with Crippen LogP contribution in [0.1, 0.15) is 192 Å². The molecule has 0 unspecified atom stereocenters. The van der Waals surface area contributed by atoms with Gasteiger partial charge in [0, 0.05) is 85.3 Å². The number of fused-ring (bicyclic) bond motifs is 2. The zero-order chi connectivity index (χ0) is 76.6. The van der Waals surface area contributed by atoms with Gasteiger partial charge in [-0.25, -0.2) is 29.3 Å². The molecule has 21 nitrogen and oxygen atoms in total. The van der Waals surface area contributed by atoms with Crippen molar-refractivity contribution >= 4 is 167 Å². The molecule has 107 heavy (non-hydrogen) atoms. The molecule has 5 aromatic heterocycles. The fourth-order valence-corrected chi connectivity index (χ4v) is 13.7. The Morgan fingerprint density at radius 2 is 0.832 bits per heavy atom. The van der Waals surface area contributed by atoms with Gasteiger partial charge < -0.3 is 47.8 Å². The van der Waals surface area contributed by atoms with Gasteiger partial charge in [-0.3, -0.25) is 24.7 Å². The summed E-state index contributed by atoms with van der Waals surface area (Å²) in [6.45, 7) is 35.5. The van der Waals surface area contributed by atoms with Gasteiger partial charge >= 0.3 is 97.4 Å². The number of carbonyl (C=O) groups excluding carboxylic acids is 3. The van der Waals surface area contributed by atoms with Crippen molar-refractivity contribution in [2.75, 3.05) is 19.6 Å². The number of aromatic amines is 3. The Kier molecular flexibility index (Phi) is 27.1. The third-order valence-corrected chi connectivity index (χ3v) is 20.4. The zero-order valence-corrected chi connectivity index (χ0v) is 76.8. The van der Waals surface area contributed by atoms with Gasteiger partial charge in [0.05, 0.1) is 81.5 Å². The van der Waals surface area contributed by atoms with Gasteiger partial charge in [-0.2, -0.15) is 0 Å². The predicted octanol–water partition coefficient (Wildman–Crippen LogP) is 18.8. The maximum atomic E-state index is 12.9. The number of carbonyl (C=O) groups is 3. The molecule has 0 spiro atoms. The largest absolute Gasteiger partial charge is 0 e. The van der Waals surface area contributed by atoms with Crippen molar-refractivity contribution in [2.24, 2.45) is 0 Å². The average Bonchev–Trinajstić information content (AvgIpc) is 1.75. The van der Waals surface area contributed by atoms with E-state index in [0.29, 0.717) is 13.1 Å². The molecule has 3 N–H and O–H groups in total. The van der Waals surface area contributed by atoms with Crippen molar-refractivity contribution in [3.63, 3.8) is 0 Å². The number of imidazole rings is 3. The normalized spacial score (nSPS) is 19.4. The van der Waals surface area contributed by atoms with Crippen LogP contribution < -0.4 is 10.9 Å². The van der Waals surface area contributed by atoms with E-state index in [1.807, 2.05) is 99.2 Å². The summed E-state index contributed by atoms with van der Waals surface area (Å²) in [5.41, 5.74) is 8.71. The van der Waals surface area contributed by atoms with Crippen LogP contribution in [0.3, 0.4) is 0 Å². The Labute approximate surface area is 694 Å². The van der Waals surface area contributed by atoms with Gasteiger partial charge in [0.1, 0.15) is 38.9 Å². The van der Waals surface area contributed by atoms with Crippen molar-refractivity contribution in [3.05, 3.63) is 150 Å². The number of likely N-dealkylation sites (tertiary alicyclic amines) is 3. The van der Waals surface area contributed by atoms with Crippen LogP contribution >= 0.6 is 75.9 Å². The molecule has 3 atom stereocenters. The molecule has 4 aromatic carbocycles. The molecule has 5 saturated heterocycles. The number of rotatable bonds is 9. The van der Waals surface area contributed by atoms with E-state index in [-0.39, 0.29) is 85.5 Å². The summed E-state index contributed by atoms with van der Waals surface area (Å²) in [7, 11) is -0.809. The predicted molar refractivity (Wildman–Crippen MR) is 450 cm³/mol. The van der Waals surface area contributed by atoms with Crippen molar-refractivity contribution in [1.82, 2.24) is 54.6 Å². The zero-order valence-electron chi connectivity index (χ0n) is 64.1. The Bertz CT molecular complexity index is 4570. The van der Waals surface area contributed by atoms with Gasteiger partial charge in [0.25, 0.3) is 0 Å². The van der Waals surface area contributed by atoms with E-state index >= 15 is 0 Å². The molecule has 5 aliphatic rings. The molecule has 5 fully saturated rings. The summed E-state index contributed by atoms with van der Waals surface area (Å²) in [5.74, 6) is 2.34. The van der Waals surface area contributed by atoms with Crippen LogP contribution in [-0.2, 0) is 37.7 Å². The van der Waals surface area contributed by atoms with E-state index in [0.717, 1.165) is 145 Å². The Hall–Kier alpha value is -4.77. The summed E-state index contributed by atoms with van der Waals surface area (Å²) in [6.07, 6.45) is 13.5. The summed E-state index contributed by atoms with van der Waals surface area (Å²) in [5, 5.41) is 2.04. The van der Waals surface area contributed by atoms with E-state index in [4.69, 9.17) is 47.8 Å². The van der Waals surface area contributed by atoms with E-state index in [1.54, 1.807) is 20.9 Å². The van der Waals surface area contributed by atoms with Gasteiger partial charge in [-0.15, -0.1) is 0 Å². The molecule has 0 aliphatic carbocycles. The average molecular weight is 2000 g/mol. The topological polar surface area (TPSA) is 237 Å². The number of nitrogens with zero attached hydrogens (tertiary/aromatic N) is 8. The number of amides is 3. The third-order valence-electron chi connectivity index (χ3n) is 20.0. The molecule has 29 heteroatoms. The molecule has 0 bridgehead atoms. The maximum Gasteiger partial charge on any atom is 0 e. The SMILES string of the molecule is CC(C)(C)OC(=O)N1CCC[C@H]1c1ncc(-c2ccc(-c3ccc(-c4cnc([C@@H]5CCCN5C(=O)OC(C)(C)C)[nH]4)c4cccnc34)cc2)[nH]1.CC(C)(C)OC(=O)N1CCC[C@H]1c1ncc(Br)[nH]1.CC1(C)OB(c2ccc(-c3ccc(B4OC(C)(C)C(C)(C)O4)c4cccnc34)cc2)OC1(C)C.[I][V]([I])[I].[In]. The van der Waals surface area contributed by atoms with Gasteiger partial charge in [0.2, 0.25) is 0 Å². The summed E-state index contributed by atoms with van der Waals surface area (Å²) >= 11 is 10.7. The first-order valence-corrected chi connectivity index (χ1v) is 50.3. The van der Waals surface area contributed by atoms with Crippen LogP contribution in [0, 0.1) is 0 Å². The van der Waals surface area contributed by atoms with E-state index in [9.17, 15) is 14.4 Å². The molecule has 5 aliphatic heterocycles. The molecule has 3 radical (unpaired) electrons. The van der Waals surface area contributed by atoms with Crippen molar-refractivity contribution in [1.29, 1.82) is 0 Å². The maximum absolute atomic E-state index is 12.9.